The summed E-state index contributed by atoms with van der Waals surface area (Å²) in [6.45, 7) is 0. The van der Waals surface area contributed by atoms with Gasteiger partial charge in [0.2, 0.25) is 0 Å². The molecule has 0 atom stereocenters. The molecule has 0 saturated heterocycles. The van der Waals surface area contributed by atoms with Gasteiger partial charge in [0.05, 0.1) is 0 Å². The van der Waals surface area contributed by atoms with E-state index < -0.39 is 0 Å². The molecule has 0 heterocycles. The second-order valence-electron chi connectivity index (χ2n) is 5.88. The maximum atomic E-state index is 2.99. The number of anilines is 2. The smallest absolute Gasteiger partial charge is 0.0361 e. The quantitative estimate of drug-likeness (QED) is 0.777. The van der Waals surface area contributed by atoms with Gasteiger partial charge >= 0.3 is 0 Å². The molecule has 0 aliphatic heterocycles. The Morgan fingerprint density at radius 3 is 1.08 bits per heavy atom. The number of hydrogen-bond acceptors (Lipinski definition) is 2. The van der Waals surface area contributed by atoms with Crippen LogP contribution < -0.4 is 9.80 Å². The van der Waals surface area contributed by atoms with Crippen molar-refractivity contribution in [1.29, 1.82) is 0 Å². The molecule has 0 aliphatic carbocycles. The molecule has 0 spiro atoms. The van der Waals surface area contributed by atoms with Crippen LogP contribution in [0.1, 0.15) is 11.1 Å². The highest BCUT2D eigenvalue weighted by molar-refractivity contribution is 5.52. The molecule has 0 aromatic heterocycles. The molecule has 0 N–H and O–H groups in total. The van der Waals surface area contributed by atoms with Gasteiger partial charge in [-0.2, -0.15) is 0 Å². The molecule has 2 nitrogen and oxygen atoms in total. The molecule has 0 bridgehead atoms. The first-order chi connectivity index (χ1) is 12.6. The average Bonchev–Trinajstić information content (AvgIpc) is 2.64. The van der Waals surface area contributed by atoms with Gasteiger partial charge in [0.15, 0.2) is 0 Å². The molecule has 2 aromatic rings. The van der Waals surface area contributed by atoms with E-state index in [1.807, 2.05) is 86.5 Å². The van der Waals surface area contributed by atoms with Gasteiger partial charge in [-0.1, -0.05) is 11.8 Å². The zero-order chi connectivity index (χ0) is 18.8. The maximum absolute atomic E-state index is 2.99. The van der Waals surface area contributed by atoms with E-state index in [9.17, 15) is 0 Å². The van der Waals surface area contributed by atoms with Crippen molar-refractivity contribution >= 4 is 11.4 Å². The van der Waals surface area contributed by atoms with Crippen LogP contribution in [0.3, 0.4) is 0 Å². The van der Waals surface area contributed by atoms with Crippen molar-refractivity contribution < 1.29 is 0 Å². The Morgan fingerprint density at radius 1 is 0.462 bits per heavy atom. The summed E-state index contributed by atoms with van der Waals surface area (Å²) in [5, 5.41) is 0. The summed E-state index contributed by atoms with van der Waals surface area (Å²) < 4.78 is 0. The number of rotatable bonds is 2. The second kappa shape index (κ2) is 9.55. The Labute approximate surface area is 156 Å². The van der Waals surface area contributed by atoms with E-state index in [0.717, 1.165) is 22.5 Å². The van der Waals surface area contributed by atoms with Crippen LogP contribution in [0.25, 0.3) is 0 Å². The van der Waals surface area contributed by atoms with Crippen LogP contribution in [0, 0.1) is 47.4 Å². The summed E-state index contributed by atoms with van der Waals surface area (Å²) in [6, 6.07) is 16.0. The zero-order valence-electron chi connectivity index (χ0n) is 15.5. The largest absolute Gasteiger partial charge is 0.378 e. The van der Waals surface area contributed by atoms with Gasteiger partial charge in [-0.3, -0.25) is 0 Å². The average molecular weight is 336 g/mol. The van der Waals surface area contributed by atoms with Crippen LogP contribution >= 0.6 is 0 Å². The van der Waals surface area contributed by atoms with E-state index in [2.05, 4.69) is 47.4 Å². The SMILES string of the molecule is CN(C)c1ccc(C#CC#CC#CC#Cc2ccc(N(C)C)cc2)cc1. The van der Waals surface area contributed by atoms with Crippen LogP contribution in [0.15, 0.2) is 48.5 Å². The lowest BCUT2D eigenvalue weighted by Crippen LogP contribution is -2.07. The van der Waals surface area contributed by atoms with E-state index >= 15 is 0 Å². The van der Waals surface area contributed by atoms with Gasteiger partial charge in [-0.05, 0) is 84.1 Å². The third kappa shape index (κ3) is 6.06. The Balaban J connectivity index is 1.92. The van der Waals surface area contributed by atoms with Crippen LogP contribution in [-0.2, 0) is 0 Å². The molecule has 0 unspecified atom stereocenters. The predicted octanol–water partition coefficient (Wildman–Crippen LogP) is 3.23. The fourth-order valence-electron chi connectivity index (χ4n) is 2.02. The molecule has 0 radical (unpaired) electrons. The van der Waals surface area contributed by atoms with Gasteiger partial charge in [0.1, 0.15) is 0 Å². The van der Waals surface area contributed by atoms with Crippen molar-refractivity contribution in [2.24, 2.45) is 0 Å². The fourth-order valence-corrected chi connectivity index (χ4v) is 2.02. The normalized spacial score (nSPS) is 8.31. The fraction of sp³-hybridized carbons (Fsp3) is 0.167. The minimum Gasteiger partial charge on any atom is -0.378 e. The van der Waals surface area contributed by atoms with E-state index in [4.69, 9.17) is 0 Å². The topological polar surface area (TPSA) is 6.48 Å². The van der Waals surface area contributed by atoms with Gasteiger partial charge in [0.25, 0.3) is 0 Å². The second-order valence-corrected chi connectivity index (χ2v) is 5.88. The molecule has 0 amide bonds. The van der Waals surface area contributed by atoms with Gasteiger partial charge < -0.3 is 9.80 Å². The molecule has 126 valence electrons. The monoisotopic (exact) mass is 336 g/mol. The highest BCUT2D eigenvalue weighted by Gasteiger charge is 1.93. The Kier molecular flexibility index (Phi) is 6.83. The number of hydrogen-bond donors (Lipinski definition) is 0. The van der Waals surface area contributed by atoms with Crippen molar-refractivity contribution in [2.75, 3.05) is 38.0 Å². The highest BCUT2D eigenvalue weighted by atomic mass is 15.1. The molecule has 26 heavy (non-hydrogen) atoms. The molecule has 2 rings (SSSR count). The molecule has 0 saturated carbocycles. The number of benzene rings is 2. The molecule has 0 fully saturated rings. The summed E-state index contributed by atoms with van der Waals surface area (Å²) in [5.74, 6) is 22.4. The Morgan fingerprint density at radius 2 is 0.769 bits per heavy atom. The molecular formula is C24H20N2. The van der Waals surface area contributed by atoms with Gasteiger partial charge in [-0.15, -0.1) is 0 Å². The third-order valence-corrected chi connectivity index (χ3v) is 3.49. The van der Waals surface area contributed by atoms with E-state index in [1.165, 1.54) is 0 Å². The van der Waals surface area contributed by atoms with Crippen LogP contribution in [-0.4, -0.2) is 28.2 Å². The zero-order valence-corrected chi connectivity index (χ0v) is 15.5. The Bertz CT molecular complexity index is 894. The summed E-state index contributed by atoms with van der Waals surface area (Å²) in [7, 11) is 8.03. The lowest BCUT2D eigenvalue weighted by Gasteiger charge is -2.11. The summed E-state index contributed by atoms with van der Waals surface area (Å²) in [6.07, 6.45) is 0. The van der Waals surface area contributed by atoms with Crippen molar-refractivity contribution in [2.45, 2.75) is 0 Å². The molecular weight excluding hydrogens is 316 g/mol. The first kappa shape index (κ1) is 18.6. The van der Waals surface area contributed by atoms with Crippen molar-refractivity contribution in [1.82, 2.24) is 0 Å². The molecule has 2 aromatic carbocycles. The lowest BCUT2D eigenvalue weighted by atomic mass is 10.2. The standard InChI is InChI=1S/C24H20N2/c1-25(2)23-17-13-21(14-18-23)11-9-7-5-6-8-10-12-22-15-19-24(20-16-22)26(3)4/h13-20H,1-4H3. The van der Waals surface area contributed by atoms with E-state index in [0.29, 0.717) is 0 Å². The van der Waals surface area contributed by atoms with Crippen LogP contribution in [0.5, 0.6) is 0 Å². The highest BCUT2D eigenvalue weighted by Crippen LogP contribution is 2.11. The van der Waals surface area contributed by atoms with Crippen LogP contribution in [0.2, 0.25) is 0 Å². The summed E-state index contributed by atoms with van der Waals surface area (Å²) >= 11 is 0. The molecule has 0 aliphatic rings. The third-order valence-electron chi connectivity index (χ3n) is 3.49. The Hall–Kier alpha value is -3.72. The van der Waals surface area contributed by atoms with E-state index in [1.54, 1.807) is 0 Å². The van der Waals surface area contributed by atoms with Gasteiger partial charge in [-0.25, -0.2) is 0 Å². The number of nitrogens with zero attached hydrogens (tertiary/aromatic N) is 2. The van der Waals surface area contributed by atoms with Crippen molar-refractivity contribution in [3.63, 3.8) is 0 Å². The van der Waals surface area contributed by atoms with Crippen molar-refractivity contribution in [3.05, 3.63) is 59.7 Å². The maximum Gasteiger partial charge on any atom is 0.0361 e. The minimum absolute atomic E-state index is 0.929. The first-order valence-corrected chi connectivity index (χ1v) is 8.13. The summed E-state index contributed by atoms with van der Waals surface area (Å²) in [4.78, 5) is 4.09. The molecule has 2 heteroatoms. The first-order valence-electron chi connectivity index (χ1n) is 8.13. The van der Waals surface area contributed by atoms with Crippen LogP contribution in [0.4, 0.5) is 11.4 Å². The van der Waals surface area contributed by atoms with Gasteiger partial charge in [0, 0.05) is 50.7 Å². The lowest BCUT2D eigenvalue weighted by molar-refractivity contribution is 1.13. The minimum atomic E-state index is 0.929. The van der Waals surface area contributed by atoms with E-state index in [-0.39, 0.29) is 0 Å². The van der Waals surface area contributed by atoms with Crippen molar-refractivity contribution in [3.8, 4) is 47.4 Å². The summed E-state index contributed by atoms with van der Waals surface area (Å²) in [5.41, 5.74) is 4.14. The predicted molar refractivity (Wildman–Crippen MR) is 111 cm³/mol.